The minimum atomic E-state index is -1.53. The van der Waals surface area contributed by atoms with Crippen molar-refractivity contribution in [2.45, 2.75) is 38.9 Å². The van der Waals surface area contributed by atoms with Crippen molar-refractivity contribution in [3.63, 3.8) is 0 Å². The van der Waals surface area contributed by atoms with Gasteiger partial charge in [0.1, 0.15) is 28.5 Å². The number of aromatic nitrogens is 1. The molecule has 7 nitrogen and oxygen atoms in total. The Kier molecular flexibility index (Phi) is 8.11. The van der Waals surface area contributed by atoms with E-state index in [0.717, 1.165) is 0 Å². The Hall–Kier alpha value is -3.36. The molecule has 1 aromatic heterocycles. The van der Waals surface area contributed by atoms with E-state index in [2.05, 4.69) is 10.3 Å². The molecular formula is C27H30ClFN2O5. The summed E-state index contributed by atoms with van der Waals surface area (Å²) in [5.41, 5.74) is -0.440. The lowest BCUT2D eigenvalue weighted by Crippen LogP contribution is -2.39. The monoisotopic (exact) mass is 516 g/mol. The summed E-state index contributed by atoms with van der Waals surface area (Å²) in [6, 6.07) is 12.3. The second-order valence-electron chi connectivity index (χ2n) is 9.41. The highest BCUT2D eigenvalue weighted by atomic mass is 35.5. The number of carbonyl (C=O) groups is 1. The molecule has 0 spiro atoms. The molecule has 0 bridgehead atoms. The van der Waals surface area contributed by atoms with Gasteiger partial charge in [-0.3, -0.25) is 4.79 Å². The largest absolute Gasteiger partial charge is 0.494 e. The average Bonchev–Trinajstić information content (AvgIpc) is 2.83. The standard InChI is InChI=1S/C27H30ClFN2O5/c1-26(2,3)36-20-10-8-17(14-22(20)35-6)25(32)30-15-27(4,33)23-12-11-21(34-5)24(31-23)16-7-9-19(29)18(28)13-16/h7-14,33H,15H2,1-6H3,(H,30,32). The molecule has 3 rings (SSSR count). The maximum Gasteiger partial charge on any atom is 0.251 e. The Morgan fingerprint density at radius 3 is 2.28 bits per heavy atom. The highest BCUT2D eigenvalue weighted by Crippen LogP contribution is 2.33. The molecule has 192 valence electrons. The number of hydrogen-bond acceptors (Lipinski definition) is 6. The van der Waals surface area contributed by atoms with Gasteiger partial charge in [0.2, 0.25) is 0 Å². The first-order valence-corrected chi connectivity index (χ1v) is 11.6. The number of nitrogens with zero attached hydrogens (tertiary/aromatic N) is 1. The maximum absolute atomic E-state index is 13.6. The fourth-order valence-corrected chi connectivity index (χ4v) is 3.61. The number of pyridine rings is 1. The summed E-state index contributed by atoms with van der Waals surface area (Å²) >= 11 is 5.94. The third kappa shape index (κ3) is 6.44. The molecule has 0 fully saturated rings. The number of amides is 1. The van der Waals surface area contributed by atoms with Crippen LogP contribution in [0, 0.1) is 5.82 Å². The quantitative estimate of drug-likeness (QED) is 0.418. The van der Waals surface area contributed by atoms with Gasteiger partial charge < -0.3 is 24.6 Å². The van der Waals surface area contributed by atoms with Crippen LogP contribution in [0.3, 0.4) is 0 Å². The normalized spacial score (nSPS) is 13.0. The van der Waals surface area contributed by atoms with Crippen molar-refractivity contribution in [3.8, 4) is 28.5 Å². The molecule has 1 unspecified atom stereocenters. The van der Waals surface area contributed by atoms with E-state index in [1.807, 2.05) is 20.8 Å². The van der Waals surface area contributed by atoms with Crippen LogP contribution in [0.1, 0.15) is 43.7 Å². The average molecular weight is 517 g/mol. The van der Waals surface area contributed by atoms with E-state index < -0.39 is 22.9 Å². The third-order valence-corrected chi connectivity index (χ3v) is 5.55. The van der Waals surface area contributed by atoms with Crippen molar-refractivity contribution in [2.24, 2.45) is 0 Å². The molecule has 0 saturated carbocycles. The molecule has 1 amide bonds. The van der Waals surface area contributed by atoms with E-state index >= 15 is 0 Å². The first-order valence-electron chi connectivity index (χ1n) is 11.2. The number of halogens is 2. The number of hydrogen-bond donors (Lipinski definition) is 2. The molecule has 9 heteroatoms. The first-order chi connectivity index (χ1) is 16.8. The molecule has 0 saturated heterocycles. The third-order valence-electron chi connectivity index (χ3n) is 5.26. The van der Waals surface area contributed by atoms with Crippen LogP contribution in [-0.4, -0.2) is 42.4 Å². The van der Waals surface area contributed by atoms with E-state index in [4.69, 9.17) is 25.8 Å². The fraction of sp³-hybridized carbons (Fsp3) is 0.333. The van der Waals surface area contributed by atoms with Crippen LogP contribution in [0.4, 0.5) is 4.39 Å². The second-order valence-corrected chi connectivity index (χ2v) is 9.82. The molecular weight excluding hydrogens is 487 g/mol. The van der Waals surface area contributed by atoms with E-state index in [9.17, 15) is 14.3 Å². The number of carbonyl (C=O) groups excluding carboxylic acids is 1. The van der Waals surface area contributed by atoms with Gasteiger partial charge in [0.15, 0.2) is 11.5 Å². The number of nitrogens with one attached hydrogen (secondary N) is 1. The van der Waals surface area contributed by atoms with E-state index in [1.54, 1.807) is 30.3 Å². The van der Waals surface area contributed by atoms with Gasteiger partial charge in [-0.15, -0.1) is 0 Å². The number of methoxy groups -OCH3 is 2. The number of benzene rings is 2. The van der Waals surface area contributed by atoms with Crippen LogP contribution in [0.5, 0.6) is 17.2 Å². The summed E-state index contributed by atoms with van der Waals surface area (Å²) in [6.45, 7) is 7.15. The lowest BCUT2D eigenvalue weighted by molar-refractivity contribution is 0.0489. The Balaban J connectivity index is 1.81. The topological polar surface area (TPSA) is 89.9 Å². The highest BCUT2D eigenvalue weighted by molar-refractivity contribution is 6.31. The maximum atomic E-state index is 13.6. The van der Waals surface area contributed by atoms with E-state index in [-0.39, 0.29) is 17.3 Å². The van der Waals surface area contributed by atoms with Gasteiger partial charge in [0, 0.05) is 11.1 Å². The predicted molar refractivity (Wildman–Crippen MR) is 136 cm³/mol. The predicted octanol–water partition coefficient (Wildman–Crippen LogP) is 5.37. The van der Waals surface area contributed by atoms with Gasteiger partial charge >= 0.3 is 0 Å². The van der Waals surface area contributed by atoms with Crippen molar-refractivity contribution in [1.29, 1.82) is 0 Å². The number of rotatable bonds is 8. The van der Waals surface area contributed by atoms with Crippen molar-refractivity contribution < 1.29 is 28.5 Å². The smallest absolute Gasteiger partial charge is 0.251 e. The van der Waals surface area contributed by atoms with Crippen molar-refractivity contribution in [3.05, 3.63) is 70.6 Å². The van der Waals surface area contributed by atoms with Crippen molar-refractivity contribution in [2.75, 3.05) is 20.8 Å². The fourth-order valence-electron chi connectivity index (χ4n) is 3.43. The number of ether oxygens (including phenoxy) is 3. The molecule has 36 heavy (non-hydrogen) atoms. The zero-order chi connectivity index (χ0) is 26.7. The molecule has 0 aliphatic carbocycles. The Labute approximate surface area is 215 Å². The molecule has 0 aliphatic rings. The van der Waals surface area contributed by atoms with Gasteiger partial charge in [-0.05, 0) is 76.2 Å². The molecule has 2 N–H and O–H groups in total. The van der Waals surface area contributed by atoms with Crippen LogP contribution in [0.25, 0.3) is 11.3 Å². The van der Waals surface area contributed by atoms with E-state index in [0.29, 0.717) is 34.1 Å². The molecule has 3 aromatic rings. The molecule has 0 aliphatic heterocycles. The molecule has 2 aromatic carbocycles. The summed E-state index contributed by atoms with van der Waals surface area (Å²) < 4.78 is 30.3. The summed E-state index contributed by atoms with van der Waals surface area (Å²) in [5.74, 6) is 0.397. The lowest BCUT2D eigenvalue weighted by Gasteiger charge is -2.25. The Morgan fingerprint density at radius 1 is 1.00 bits per heavy atom. The van der Waals surface area contributed by atoms with Crippen LogP contribution >= 0.6 is 11.6 Å². The zero-order valence-corrected chi connectivity index (χ0v) is 21.9. The van der Waals surface area contributed by atoms with Crippen molar-refractivity contribution >= 4 is 17.5 Å². The van der Waals surface area contributed by atoms with E-state index in [1.165, 1.54) is 39.3 Å². The van der Waals surface area contributed by atoms with Gasteiger partial charge in [0.05, 0.1) is 31.5 Å². The molecule has 1 atom stereocenters. The second kappa shape index (κ2) is 10.7. The minimum Gasteiger partial charge on any atom is -0.494 e. The van der Waals surface area contributed by atoms with Crippen LogP contribution < -0.4 is 19.5 Å². The van der Waals surface area contributed by atoms with Gasteiger partial charge in [-0.1, -0.05) is 11.6 Å². The highest BCUT2D eigenvalue weighted by Gasteiger charge is 2.28. The summed E-state index contributed by atoms with van der Waals surface area (Å²) in [6.07, 6.45) is 0. The van der Waals surface area contributed by atoms with Gasteiger partial charge in [0.25, 0.3) is 5.91 Å². The number of aliphatic hydroxyl groups is 1. The van der Waals surface area contributed by atoms with Crippen molar-refractivity contribution in [1.82, 2.24) is 10.3 Å². The SMILES string of the molecule is COc1cc(C(=O)NCC(C)(O)c2ccc(OC)c(-c3ccc(F)c(Cl)c3)n2)ccc1OC(C)(C)C. The van der Waals surface area contributed by atoms with Gasteiger partial charge in [-0.2, -0.15) is 0 Å². The van der Waals surface area contributed by atoms with Gasteiger partial charge in [-0.25, -0.2) is 9.37 Å². The molecule has 1 heterocycles. The summed E-state index contributed by atoms with van der Waals surface area (Å²) in [4.78, 5) is 17.4. The summed E-state index contributed by atoms with van der Waals surface area (Å²) in [5, 5.41) is 13.8. The van der Waals surface area contributed by atoms with Crippen LogP contribution in [0.2, 0.25) is 5.02 Å². The Bertz CT molecular complexity index is 1260. The lowest BCUT2D eigenvalue weighted by atomic mass is 9.99. The zero-order valence-electron chi connectivity index (χ0n) is 21.1. The minimum absolute atomic E-state index is 0.0601. The van der Waals surface area contributed by atoms with Crippen LogP contribution in [-0.2, 0) is 5.60 Å². The summed E-state index contributed by atoms with van der Waals surface area (Å²) in [7, 11) is 2.98. The first kappa shape index (κ1) is 27.2. The Morgan fingerprint density at radius 2 is 1.67 bits per heavy atom. The molecule has 0 radical (unpaired) electrons. The van der Waals surface area contributed by atoms with Crippen LogP contribution in [0.15, 0.2) is 48.5 Å².